The van der Waals surface area contributed by atoms with Crippen molar-refractivity contribution < 1.29 is 4.79 Å². The van der Waals surface area contributed by atoms with E-state index in [9.17, 15) is 9.59 Å². The molecule has 1 amide bonds. The number of para-hydroxylation sites is 1. The molecule has 4 aromatic rings. The number of nitrogens with one attached hydrogen (secondary N) is 1. The first kappa shape index (κ1) is 19.6. The first-order valence-corrected chi connectivity index (χ1v) is 10.00. The van der Waals surface area contributed by atoms with E-state index < -0.39 is 0 Å². The summed E-state index contributed by atoms with van der Waals surface area (Å²) in [6.45, 7) is 6.11. The molecule has 0 fully saturated rings. The van der Waals surface area contributed by atoms with Gasteiger partial charge in [0, 0.05) is 22.3 Å². The van der Waals surface area contributed by atoms with Gasteiger partial charge < -0.3 is 9.88 Å². The number of rotatable bonds is 4. The third-order valence-corrected chi connectivity index (χ3v) is 5.43. The molecule has 0 aliphatic carbocycles. The summed E-state index contributed by atoms with van der Waals surface area (Å²) in [7, 11) is 0. The van der Waals surface area contributed by atoms with Crippen molar-refractivity contribution in [3.05, 3.63) is 111 Å². The van der Waals surface area contributed by atoms with Gasteiger partial charge in [0.25, 0.3) is 11.5 Å². The molecule has 0 saturated heterocycles. The summed E-state index contributed by atoms with van der Waals surface area (Å²) in [5.41, 5.74) is 5.61. The van der Waals surface area contributed by atoms with Gasteiger partial charge in [-0.3, -0.25) is 9.59 Å². The first-order valence-electron chi connectivity index (χ1n) is 10.00. The molecule has 1 N–H and O–H groups in total. The topological polar surface area (TPSA) is 53.2 Å². The van der Waals surface area contributed by atoms with E-state index in [1.165, 1.54) is 0 Å². The summed E-state index contributed by atoms with van der Waals surface area (Å²) in [5, 5.41) is 0.956. The Labute approximate surface area is 175 Å². The Morgan fingerprint density at radius 2 is 1.57 bits per heavy atom. The fourth-order valence-electron chi connectivity index (χ4n) is 3.75. The smallest absolute Gasteiger partial charge is 0.258 e. The van der Waals surface area contributed by atoms with Crippen molar-refractivity contribution in [3.63, 3.8) is 0 Å². The number of benzene rings is 3. The second-order valence-electron chi connectivity index (χ2n) is 7.71. The second-order valence-corrected chi connectivity index (χ2v) is 7.71. The molecule has 1 heterocycles. The minimum Gasteiger partial charge on any atom is -0.322 e. The van der Waals surface area contributed by atoms with Gasteiger partial charge in [0.05, 0.1) is 6.54 Å². The number of carbonyl (C=O) groups excluding carboxylic acids is 1. The standard InChI is InChI=1S/C26H24N2O2/c1-17-12-13-23-20(14-17)15-21(25(29)27-23)16-28(24-11-7-5-9-19(24)3)26(30)22-10-6-4-8-18(22)2/h4-15H,16H2,1-3H3,(H,27,29). The maximum atomic E-state index is 13.6. The van der Waals surface area contributed by atoms with Gasteiger partial charge in [-0.25, -0.2) is 0 Å². The molecule has 0 bridgehead atoms. The number of amides is 1. The van der Waals surface area contributed by atoms with Gasteiger partial charge in [0.15, 0.2) is 0 Å². The second kappa shape index (κ2) is 7.99. The minimum atomic E-state index is -0.178. The van der Waals surface area contributed by atoms with Crippen LogP contribution in [0.5, 0.6) is 0 Å². The Bertz CT molecular complexity index is 1300. The van der Waals surface area contributed by atoms with Gasteiger partial charge in [0.1, 0.15) is 0 Å². The molecule has 0 saturated carbocycles. The van der Waals surface area contributed by atoms with Crippen LogP contribution in [0.25, 0.3) is 10.9 Å². The van der Waals surface area contributed by atoms with Crippen molar-refractivity contribution in [3.8, 4) is 0 Å². The molecule has 30 heavy (non-hydrogen) atoms. The van der Waals surface area contributed by atoms with E-state index in [0.717, 1.165) is 33.3 Å². The quantitative estimate of drug-likeness (QED) is 0.509. The lowest BCUT2D eigenvalue weighted by atomic mass is 10.0. The molecule has 0 aliphatic heterocycles. The number of fused-ring (bicyclic) bond motifs is 1. The largest absolute Gasteiger partial charge is 0.322 e. The predicted octanol–water partition coefficient (Wildman–Crippen LogP) is 5.30. The van der Waals surface area contributed by atoms with E-state index in [0.29, 0.717) is 11.1 Å². The molecule has 1 aromatic heterocycles. The van der Waals surface area contributed by atoms with Crippen molar-refractivity contribution in [2.45, 2.75) is 27.3 Å². The van der Waals surface area contributed by atoms with Crippen LogP contribution in [0.4, 0.5) is 5.69 Å². The van der Waals surface area contributed by atoms with Crippen LogP contribution in [-0.2, 0) is 6.54 Å². The van der Waals surface area contributed by atoms with Crippen molar-refractivity contribution in [2.24, 2.45) is 0 Å². The van der Waals surface area contributed by atoms with Crippen LogP contribution < -0.4 is 10.5 Å². The normalized spacial score (nSPS) is 10.9. The zero-order valence-corrected chi connectivity index (χ0v) is 17.4. The minimum absolute atomic E-state index is 0.119. The molecule has 0 atom stereocenters. The molecule has 4 heteroatoms. The molecule has 3 aromatic carbocycles. The van der Waals surface area contributed by atoms with Gasteiger partial charge >= 0.3 is 0 Å². The number of pyridine rings is 1. The third-order valence-electron chi connectivity index (χ3n) is 5.43. The number of hydrogen-bond acceptors (Lipinski definition) is 2. The number of carbonyl (C=O) groups is 1. The van der Waals surface area contributed by atoms with E-state index in [1.54, 1.807) is 4.90 Å². The van der Waals surface area contributed by atoms with Crippen LogP contribution in [0.1, 0.15) is 32.6 Å². The summed E-state index contributed by atoms with van der Waals surface area (Å²) in [5.74, 6) is -0.119. The average Bonchev–Trinajstić information content (AvgIpc) is 2.73. The van der Waals surface area contributed by atoms with Crippen LogP contribution in [-0.4, -0.2) is 10.9 Å². The van der Waals surface area contributed by atoms with Crippen LogP contribution in [0.3, 0.4) is 0 Å². The Hall–Kier alpha value is -3.66. The summed E-state index contributed by atoms with van der Waals surface area (Å²) < 4.78 is 0. The highest BCUT2D eigenvalue weighted by Gasteiger charge is 2.22. The van der Waals surface area contributed by atoms with Crippen molar-refractivity contribution in [1.82, 2.24) is 4.98 Å². The Morgan fingerprint density at radius 3 is 2.30 bits per heavy atom. The Balaban J connectivity index is 1.83. The van der Waals surface area contributed by atoms with Gasteiger partial charge in [-0.05, 0) is 67.6 Å². The zero-order valence-electron chi connectivity index (χ0n) is 17.4. The van der Waals surface area contributed by atoms with E-state index in [2.05, 4.69) is 4.98 Å². The lowest BCUT2D eigenvalue weighted by molar-refractivity contribution is 0.0984. The van der Waals surface area contributed by atoms with Crippen LogP contribution >= 0.6 is 0 Å². The van der Waals surface area contributed by atoms with E-state index >= 15 is 0 Å². The van der Waals surface area contributed by atoms with Gasteiger partial charge in [-0.1, -0.05) is 48.0 Å². The average molecular weight is 396 g/mol. The first-order chi connectivity index (χ1) is 14.4. The number of nitrogens with zero attached hydrogens (tertiary/aromatic N) is 1. The molecule has 150 valence electrons. The Morgan fingerprint density at radius 1 is 0.867 bits per heavy atom. The predicted molar refractivity (Wildman–Crippen MR) is 122 cm³/mol. The molecule has 0 aliphatic rings. The number of aromatic nitrogens is 1. The number of H-pyrrole nitrogens is 1. The SMILES string of the molecule is Cc1ccc2[nH]c(=O)c(CN(C(=O)c3ccccc3C)c3ccccc3C)cc2c1. The molecule has 4 nitrogen and oxygen atoms in total. The molecule has 0 spiro atoms. The lowest BCUT2D eigenvalue weighted by Gasteiger charge is -2.25. The summed E-state index contributed by atoms with van der Waals surface area (Å²) in [4.78, 5) is 31.0. The fourth-order valence-corrected chi connectivity index (χ4v) is 3.75. The van der Waals surface area contributed by atoms with Gasteiger partial charge in [-0.15, -0.1) is 0 Å². The van der Waals surface area contributed by atoms with Gasteiger partial charge in [-0.2, -0.15) is 0 Å². The zero-order chi connectivity index (χ0) is 21.3. The molecular formula is C26H24N2O2. The van der Waals surface area contributed by atoms with Crippen LogP contribution in [0, 0.1) is 20.8 Å². The van der Waals surface area contributed by atoms with Gasteiger partial charge in [0.2, 0.25) is 0 Å². The molecule has 4 rings (SSSR count). The van der Waals surface area contributed by atoms with Crippen LogP contribution in [0.15, 0.2) is 77.6 Å². The molecule has 0 unspecified atom stereocenters. The third kappa shape index (κ3) is 3.77. The van der Waals surface area contributed by atoms with E-state index in [1.807, 2.05) is 93.6 Å². The molecular weight excluding hydrogens is 372 g/mol. The summed E-state index contributed by atoms with van der Waals surface area (Å²) in [6.07, 6.45) is 0. The maximum absolute atomic E-state index is 13.6. The number of aromatic amines is 1. The number of anilines is 1. The van der Waals surface area contributed by atoms with Crippen molar-refractivity contribution in [2.75, 3.05) is 4.90 Å². The highest BCUT2D eigenvalue weighted by atomic mass is 16.2. The maximum Gasteiger partial charge on any atom is 0.258 e. The summed E-state index contributed by atoms with van der Waals surface area (Å²) in [6, 6.07) is 23.1. The van der Waals surface area contributed by atoms with E-state index in [-0.39, 0.29) is 18.0 Å². The number of aryl methyl sites for hydroxylation is 3. The van der Waals surface area contributed by atoms with Crippen molar-refractivity contribution >= 4 is 22.5 Å². The highest BCUT2D eigenvalue weighted by molar-refractivity contribution is 6.07. The summed E-state index contributed by atoms with van der Waals surface area (Å²) >= 11 is 0. The van der Waals surface area contributed by atoms with Crippen LogP contribution in [0.2, 0.25) is 0 Å². The number of hydrogen-bond donors (Lipinski definition) is 1. The fraction of sp³-hybridized carbons (Fsp3) is 0.154. The monoisotopic (exact) mass is 396 g/mol. The Kier molecular flexibility index (Phi) is 5.23. The lowest BCUT2D eigenvalue weighted by Crippen LogP contribution is -2.33. The van der Waals surface area contributed by atoms with Crippen molar-refractivity contribution in [1.29, 1.82) is 0 Å². The molecule has 0 radical (unpaired) electrons. The van der Waals surface area contributed by atoms with E-state index in [4.69, 9.17) is 0 Å². The highest BCUT2D eigenvalue weighted by Crippen LogP contribution is 2.25.